The number of aryl methyl sites for hydroxylation is 1. The van der Waals surface area contributed by atoms with E-state index >= 15 is 0 Å². The molecule has 1 atom stereocenters. The first-order valence-corrected chi connectivity index (χ1v) is 10.8. The van der Waals surface area contributed by atoms with Gasteiger partial charge in [0.05, 0.1) is 23.2 Å². The number of hydrogen-bond donors (Lipinski definition) is 0. The molecule has 0 aliphatic carbocycles. The first-order chi connectivity index (χ1) is 14.0. The number of nitrogens with zero attached hydrogens (tertiary/aromatic N) is 2. The first kappa shape index (κ1) is 21.4. The van der Waals surface area contributed by atoms with Crippen LogP contribution < -0.4 is 5.56 Å². The molecule has 0 radical (unpaired) electrons. The Kier molecular flexibility index (Phi) is 6.98. The molecule has 0 fully saturated rings. The standard InChI is InChI=1S/C22H23ClN2O3S/c1-4-8-19(21(27)28-5-2)29-22-24-17-10-7-6-9-16(17)20(26)25(22)18-13-15(23)12-11-14(18)3/h6-7,9-13,19H,4-5,8H2,1-3H3. The molecule has 1 unspecified atom stereocenters. The smallest absolute Gasteiger partial charge is 0.319 e. The van der Waals surface area contributed by atoms with Crippen LogP contribution in [0.1, 0.15) is 32.3 Å². The number of rotatable bonds is 7. The predicted molar refractivity (Wildman–Crippen MR) is 118 cm³/mol. The van der Waals surface area contributed by atoms with Gasteiger partial charge in [-0.05, 0) is 50.1 Å². The van der Waals surface area contributed by atoms with E-state index in [1.807, 2.05) is 32.0 Å². The van der Waals surface area contributed by atoms with E-state index in [0.717, 1.165) is 12.0 Å². The molecule has 3 aromatic rings. The second-order valence-corrected chi connectivity index (χ2v) is 8.24. The van der Waals surface area contributed by atoms with Crippen molar-refractivity contribution in [2.24, 2.45) is 0 Å². The summed E-state index contributed by atoms with van der Waals surface area (Å²) in [5.41, 5.74) is 1.94. The summed E-state index contributed by atoms with van der Waals surface area (Å²) in [6, 6.07) is 12.6. The van der Waals surface area contributed by atoms with E-state index in [-0.39, 0.29) is 11.5 Å². The summed E-state index contributed by atoms with van der Waals surface area (Å²) in [7, 11) is 0. The van der Waals surface area contributed by atoms with Gasteiger partial charge in [0.15, 0.2) is 5.16 Å². The van der Waals surface area contributed by atoms with Gasteiger partial charge in [-0.3, -0.25) is 14.2 Å². The highest BCUT2D eigenvalue weighted by Gasteiger charge is 2.24. The van der Waals surface area contributed by atoms with Crippen LogP contribution in [0.2, 0.25) is 5.02 Å². The van der Waals surface area contributed by atoms with E-state index in [0.29, 0.717) is 39.8 Å². The monoisotopic (exact) mass is 430 g/mol. The predicted octanol–water partition coefficient (Wildman–Crippen LogP) is 5.17. The summed E-state index contributed by atoms with van der Waals surface area (Å²) in [6.07, 6.45) is 1.44. The zero-order valence-electron chi connectivity index (χ0n) is 16.6. The van der Waals surface area contributed by atoms with E-state index in [1.54, 1.807) is 35.8 Å². The molecule has 0 saturated carbocycles. The fourth-order valence-electron chi connectivity index (χ4n) is 3.08. The van der Waals surface area contributed by atoms with Crippen molar-refractivity contribution in [1.82, 2.24) is 9.55 Å². The van der Waals surface area contributed by atoms with Gasteiger partial charge in [-0.1, -0.05) is 54.9 Å². The number of esters is 1. The average molecular weight is 431 g/mol. The van der Waals surface area contributed by atoms with Crippen molar-refractivity contribution in [2.75, 3.05) is 6.61 Å². The number of carbonyl (C=O) groups excluding carboxylic acids is 1. The molecule has 0 aliphatic rings. The lowest BCUT2D eigenvalue weighted by molar-refractivity contribution is -0.142. The lowest BCUT2D eigenvalue weighted by Crippen LogP contribution is -2.26. The molecular weight excluding hydrogens is 408 g/mol. The normalized spacial score (nSPS) is 12.1. The van der Waals surface area contributed by atoms with Crippen LogP contribution in [-0.4, -0.2) is 27.4 Å². The summed E-state index contributed by atoms with van der Waals surface area (Å²) >= 11 is 7.48. The summed E-state index contributed by atoms with van der Waals surface area (Å²) in [4.78, 5) is 30.6. The van der Waals surface area contributed by atoms with E-state index in [9.17, 15) is 9.59 Å². The quantitative estimate of drug-likeness (QED) is 0.294. The van der Waals surface area contributed by atoms with Crippen LogP contribution in [0.15, 0.2) is 52.4 Å². The van der Waals surface area contributed by atoms with Gasteiger partial charge in [0.25, 0.3) is 5.56 Å². The summed E-state index contributed by atoms with van der Waals surface area (Å²) in [6.45, 7) is 6.02. The zero-order valence-corrected chi connectivity index (χ0v) is 18.2. The van der Waals surface area contributed by atoms with Crippen molar-refractivity contribution in [1.29, 1.82) is 0 Å². The minimum absolute atomic E-state index is 0.192. The Morgan fingerprint density at radius 1 is 1.24 bits per heavy atom. The third-order valence-corrected chi connectivity index (χ3v) is 5.94. The maximum Gasteiger partial charge on any atom is 0.319 e. The minimum Gasteiger partial charge on any atom is -0.465 e. The number of aromatic nitrogens is 2. The number of halogens is 1. The summed E-state index contributed by atoms with van der Waals surface area (Å²) in [5, 5.41) is 1.04. The summed E-state index contributed by atoms with van der Waals surface area (Å²) in [5.74, 6) is -0.295. The van der Waals surface area contributed by atoms with Crippen molar-refractivity contribution in [3.05, 3.63) is 63.4 Å². The Balaban J connectivity index is 2.23. The highest BCUT2D eigenvalue weighted by Crippen LogP contribution is 2.30. The fourth-order valence-corrected chi connectivity index (χ4v) is 4.45. The van der Waals surface area contributed by atoms with Gasteiger partial charge in [0.1, 0.15) is 5.25 Å². The number of para-hydroxylation sites is 1. The van der Waals surface area contributed by atoms with Gasteiger partial charge in [0.2, 0.25) is 0 Å². The van der Waals surface area contributed by atoms with Gasteiger partial charge in [-0.25, -0.2) is 4.98 Å². The number of carbonyl (C=O) groups is 1. The van der Waals surface area contributed by atoms with E-state index in [2.05, 4.69) is 0 Å². The van der Waals surface area contributed by atoms with Gasteiger partial charge in [-0.15, -0.1) is 0 Å². The van der Waals surface area contributed by atoms with Crippen LogP contribution in [0.5, 0.6) is 0 Å². The molecule has 2 aromatic carbocycles. The molecule has 1 aromatic heterocycles. The van der Waals surface area contributed by atoms with Crippen molar-refractivity contribution in [3.8, 4) is 5.69 Å². The lowest BCUT2D eigenvalue weighted by atomic mass is 10.2. The fraction of sp³-hybridized carbons (Fsp3) is 0.318. The highest BCUT2D eigenvalue weighted by molar-refractivity contribution is 8.00. The van der Waals surface area contributed by atoms with E-state index in [4.69, 9.17) is 21.3 Å². The Labute approximate surface area is 179 Å². The second-order valence-electron chi connectivity index (χ2n) is 6.63. The molecular formula is C22H23ClN2O3S. The maximum absolute atomic E-state index is 13.4. The molecule has 29 heavy (non-hydrogen) atoms. The van der Waals surface area contributed by atoms with Crippen molar-refractivity contribution < 1.29 is 9.53 Å². The van der Waals surface area contributed by atoms with Crippen molar-refractivity contribution >= 4 is 40.2 Å². The van der Waals surface area contributed by atoms with Crippen LogP contribution in [0.4, 0.5) is 0 Å². The van der Waals surface area contributed by atoms with Gasteiger partial charge in [-0.2, -0.15) is 0 Å². The largest absolute Gasteiger partial charge is 0.465 e. The van der Waals surface area contributed by atoms with Crippen LogP contribution in [0, 0.1) is 6.92 Å². The van der Waals surface area contributed by atoms with Crippen molar-refractivity contribution in [3.63, 3.8) is 0 Å². The molecule has 0 bridgehead atoms. The SMILES string of the molecule is CCCC(Sc1nc2ccccc2c(=O)n1-c1cc(Cl)ccc1C)C(=O)OCC. The first-order valence-electron chi connectivity index (χ1n) is 9.57. The number of benzene rings is 2. The van der Waals surface area contributed by atoms with Crippen LogP contribution in [0.3, 0.4) is 0 Å². The van der Waals surface area contributed by atoms with Gasteiger partial charge < -0.3 is 4.74 Å². The van der Waals surface area contributed by atoms with Gasteiger partial charge >= 0.3 is 5.97 Å². The Morgan fingerprint density at radius 2 is 2.00 bits per heavy atom. The molecule has 3 rings (SSSR count). The van der Waals surface area contributed by atoms with E-state index in [1.165, 1.54) is 11.8 Å². The molecule has 0 N–H and O–H groups in total. The summed E-state index contributed by atoms with van der Waals surface area (Å²) < 4.78 is 6.79. The van der Waals surface area contributed by atoms with Gasteiger partial charge in [0, 0.05) is 5.02 Å². The molecule has 7 heteroatoms. The topological polar surface area (TPSA) is 61.2 Å². The Bertz CT molecular complexity index is 1100. The second kappa shape index (κ2) is 9.46. The molecule has 0 amide bonds. The molecule has 0 spiro atoms. The molecule has 5 nitrogen and oxygen atoms in total. The molecule has 152 valence electrons. The number of ether oxygens (including phenoxy) is 1. The van der Waals surface area contributed by atoms with Crippen LogP contribution >= 0.6 is 23.4 Å². The number of thioether (sulfide) groups is 1. The highest BCUT2D eigenvalue weighted by atomic mass is 35.5. The Morgan fingerprint density at radius 3 is 2.72 bits per heavy atom. The average Bonchev–Trinajstić information content (AvgIpc) is 2.70. The third kappa shape index (κ3) is 4.65. The molecule has 1 heterocycles. The maximum atomic E-state index is 13.4. The van der Waals surface area contributed by atoms with Crippen molar-refractivity contribution in [2.45, 2.75) is 44.0 Å². The third-order valence-electron chi connectivity index (χ3n) is 4.51. The zero-order chi connectivity index (χ0) is 21.0. The number of hydrogen-bond acceptors (Lipinski definition) is 5. The molecule has 0 aliphatic heterocycles. The Hall–Kier alpha value is -2.31. The molecule has 0 saturated heterocycles. The number of fused-ring (bicyclic) bond motifs is 1. The lowest BCUT2D eigenvalue weighted by Gasteiger charge is -2.19. The minimum atomic E-state index is -0.446. The van der Waals surface area contributed by atoms with Crippen LogP contribution in [-0.2, 0) is 9.53 Å². The van der Waals surface area contributed by atoms with Crippen LogP contribution in [0.25, 0.3) is 16.6 Å². The van der Waals surface area contributed by atoms with E-state index < -0.39 is 5.25 Å².